The van der Waals surface area contributed by atoms with Crippen molar-refractivity contribution in [2.24, 2.45) is 7.05 Å². The molecule has 1 amide bonds. The van der Waals surface area contributed by atoms with E-state index >= 15 is 0 Å². The summed E-state index contributed by atoms with van der Waals surface area (Å²) in [7, 11) is 1.85. The number of rotatable bonds is 2. The van der Waals surface area contributed by atoms with E-state index < -0.39 is 0 Å². The van der Waals surface area contributed by atoms with Crippen LogP contribution in [0.1, 0.15) is 46.1 Å². The van der Waals surface area contributed by atoms with E-state index in [1.54, 1.807) is 4.68 Å². The molecular formula is C19H23N5O. The van der Waals surface area contributed by atoms with Gasteiger partial charge in [-0.05, 0) is 44.4 Å². The Balaban J connectivity index is 1.57. The van der Waals surface area contributed by atoms with Gasteiger partial charge >= 0.3 is 0 Å². The van der Waals surface area contributed by atoms with Crippen LogP contribution in [0, 0.1) is 13.8 Å². The first kappa shape index (κ1) is 15.9. The third kappa shape index (κ3) is 2.92. The molecule has 0 saturated carbocycles. The number of carbonyl (C=O) groups excluding carboxylic acids is 1. The van der Waals surface area contributed by atoms with Gasteiger partial charge in [-0.2, -0.15) is 5.10 Å². The van der Waals surface area contributed by atoms with Crippen LogP contribution in [-0.2, 0) is 7.05 Å². The third-order valence-electron chi connectivity index (χ3n) is 5.02. The number of piperidine rings is 1. The fourth-order valence-electron chi connectivity index (χ4n) is 3.76. The molecule has 1 saturated heterocycles. The zero-order chi connectivity index (χ0) is 17.6. The molecule has 0 aromatic carbocycles. The van der Waals surface area contributed by atoms with Crippen LogP contribution in [0.15, 0.2) is 24.5 Å². The Labute approximate surface area is 146 Å². The van der Waals surface area contributed by atoms with Crippen molar-refractivity contribution >= 4 is 16.9 Å². The molecule has 3 aromatic heterocycles. The molecule has 0 bridgehead atoms. The van der Waals surface area contributed by atoms with Crippen molar-refractivity contribution in [2.75, 3.05) is 13.1 Å². The number of amides is 1. The van der Waals surface area contributed by atoms with E-state index in [9.17, 15) is 4.79 Å². The van der Waals surface area contributed by atoms with Gasteiger partial charge in [0.2, 0.25) is 0 Å². The molecule has 1 atom stereocenters. The minimum atomic E-state index is 0.0837. The quantitative estimate of drug-likeness (QED) is 0.782. The highest BCUT2D eigenvalue weighted by atomic mass is 16.2. The fraction of sp³-hybridized carbons (Fsp3) is 0.421. The van der Waals surface area contributed by atoms with Gasteiger partial charge in [-0.1, -0.05) is 0 Å². The molecular weight excluding hydrogens is 314 g/mol. The Morgan fingerprint density at radius 1 is 1.32 bits per heavy atom. The highest BCUT2D eigenvalue weighted by Gasteiger charge is 2.28. The fourth-order valence-corrected chi connectivity index (χ4v) is 3.76. The Morgan fingerprint density at radius 2 is 2.16 bits per heavy atom. The summed E-state index contributed by atoms with van der Waals surface area (Å²) >= 11 is 0. The molecule has 6 nitrogen and oxygen atoms in total. The SMILES string of the molecule is Cc1cnc2[nH]c([C@H]3CCCN(C(=O)c4cn(C)nc4C)C3)cc2c1. The Bertz CT molecular complexity index is 939. The molecule has 0 unspecified atom stereocenters. The van der Waals surface area contributed by atoms with Crippen LogP contribution in [-0.4, -0.2) is 43.6 Å². The number of hydrogen-bond acceptors (Lipinski definition) is 3. The average molecular weight is 337 g/mol. The second-order valence-corrected chi connectivity index (χ2v) is 7.07. The van der Waals surface area contributed by atoms with E-state index in [4.69, 9.17) is 0 Å². The predicted octanol–water partition coefficient (Wildman–Crippen LogP) is 2.93. The van der Waals surface area contributed by atoms with Crippen molar-refractivity contribution in [3.8, 4) is 0 Å². The van der Waals surface area contributed by atoms with Crippen molar-refractivity contribution in [2.45, 2.75) is 32.6 Å². The predicted molar refractivity (Wildman–Crippen MR) is 96.7 cm³/mol. The van der Waals surface area contributed by atoms with E-state index in [0.29, 0.717) is 11.5 Å². The first-order valence-electron chi connectivity index (χ1n) is 8.76. The van der Waals surface area contributed by atoms with Crippen LogP contribution < -0.4 is 0 Å². The van der Waals surface area contributed by atoms with Crippen molar-refractivity contribution in [1.82, 2.24) is 24.6 Å². The Kier molecular flexibility index (Phi) is 3.82. The summed E-state index contributed by atoms with van der Waals surface area (Å²) in [6.07, 6.45) is 5.79. The molecule has 25 heavy (non-hydrogen) atoms. The molecule has 1 fully saturated rings. The maximum absolute atomic E-state index is 12.9. The van der Waals surface area contributed by atoms with Gasteiger partial charge in [0.15, 0.2) is 0 Å². The van der Waals surface area contributed by atoms with Crippen LogP contribution in [0.5, 0.6) is 0 Å². The van der Waals surface area contributed by atoms with Gasteiger partial charge in [0.25, 0.3) is 5.91 Å². The highest BCUT2D eigenvalue weighted by molar-refractivity contribution is 5.95. The molecule has 1 N–H and O–H groups in total. The van der Waals surface area contributed by atoms with E-state index in [1.807, 2.05) is 31.3 Å². The highest BCUT2D eigenvalue weighted by Crippen LogP contribution is 2.29. The topological polar surface area (TPSA) is 66.8 Å². The molecule has 6 heteroatoms. The van der Waals surface area contributed by atoms with E-state index in [-0.39, 0.29) is 5.91 Å². The lowest BCUT2D eigenvalue weighted by Crippen LogP contribution is -2.39. The maximum Gasteiger partial charge on any atom is 0.257 e. The molecule has 130 valence electrons. The van der Waals surface area contributed by atoms with Crippen molar-refractivity contribution in [1.29, 1.82) is 0 Å². The number of fused-ring (bicyclic) bond motifs is 1. The summed E-state index contributed by atoms with van der Waals surface area (Å²) in [4.78, 5) is 22.7. The number of aryl methyl sites for hydroxylation is 3. The number of carbonyl (C=O) groups is 1. The lowest BCUT2D eigenvalue weighted by molar-refractivity contribution is 0.0705. The molecule has 4 rings (SSSR count). The first-order valence-corrected chi connectivity index (χ1v) is 8.76. The minimum absolute atomic E-state index is 0.0837. The summed E-state index contributed by atoms with van der Waals surface area (Å²) in [5.74, 6) is 0.407. The van der Waals surface area contributed by atoms with Gasteiger partial charge in [0.05, 0.1) is 11.3 Å². The van der Waals surface area contributed by atoms with Crippen LogP contribution in [0.4, 0.5) is 0 Å². The van der Waals surface area contributed by atoms with Gasteiger partial charge in [-0.25, -0.2) is 4.98 Å². The summed E-state index contributed by atoms with van der Waals surface area (Å²) in [6, 6.07) is 4.33. The lowest BCUT2D eigenvalue weighted by Gasteiger charge is -2.32. The maximum atomic E-state index is 12.9. The molecule has 0 spiro atoms. The van der Waals surface area contributed by atoms with Crippen LogP contribution in [0.3, 0.4) is 0 Å². The van der Waals surface area contributed by atoms with E-state index in [0.717, 1.165) is 48.2 Å². The summed E-state index contributed by atoms with van der Waals surface area (Å²) in [6.45, 7) is 5.48. The molecule has 3 aromatic rings. The number of pyridine rings is 1. The summed E-state index contributed by atoms with van der Waals surface area (Å²) < 4.78 is 1.70. The average Bonchev–Trinajstić information content (AvgIpc) is 3.16. The number of likely N-dealkylation sites (tertiary alicyclic amines) is 1. The largest absolute Gasteiger partial charge is 0.343 e. The van der Waals surface area contributed by atoms with E-state index in [2.05, 4.69) is 34.1 Å². The molecule has 0 aliphatic carbocycles. The van der Waals surface area contributed by atoms with Crippen LogP contribution in [0.25, 0.3) is 11.0 Å². The van der Waals surface area contributed by atoms with Crippen LogP contribution >= 0.6 is 0 Å². The Hall–Kier alpha value is -2.63. The van der Waals surface area contributed by atoms with Crippen molar-refractivity contribution < 1.29 is 4.79 Å². The number of nitrogens with zero attached hydrogens (tertiary/aromatic N) is 4. The van der Waals surface area contributed by atoms with E-state index in [1.165, 1.54) is 5.69 Å². The van der Waals surface area contributed by atoms with Gasteiger partial charge in [-0.15, -0.1) is 0 Å². The lowest BCUT2D eigenvalue weighted by atomic mass is 9.94. The normalized spacial score (nSPS) is 18.0. The second kappa shape index (κ2) is 6.02. The standard InChI is InChI=1S/C19H23N5O/c1-12-7-15-8-17(21-18(15)20-9-12)14-5-4-6-24(10-14)19(25)16-11-23(3)22-13(16)2/h7-9,11,14H,4-6,10H2,1-3H3,(H,20,21)/t14-/m0/s1. The molecule has 4 heterocycles. The Morgan fingerprint density at radius 3 is 2.92 bits per heavy atom. The molecule has 1 aliphatic heterocycles. The second-order valence-electron chi connectivity index (χ2n) is 7.07. The smallest absolute Gasteiger partial charge is 0.257 e. The first-order chi connectivity index (χ1) is 12.0. The number of H-pyrrole nitrogens is 1. The number of nitrogens with one attached hydrogen (secondary N) is 1. The minimum Gasteiger partial charge on any atom is -0.343 e. The van der Waals surface area contributed by atoms with Crippen molar-refractivity contribution in [3.05, 3.63) is 47.0 Å². The third-order valence-corrected chi connectivity index (χ3v) is 5.02. The zero-order valence-corrected chi connectivity index (χ0v) is 14.9. The number of aromatic nitrogens is 4. The zero-order valence-electron chi connectivity index (χ0n) is 14.9. The molecule has 1 aliphatic rings. The monoisotopic (exact) mass is 337 g/mol. The van der Waals surface area contributed by atoms with Gasteiger partial charge in [-0.3, -0.25) is 9.48 Å². The van der Waals surface area contributed by atoms with Gasteiger partial charge in [0.1, 0.15) is 5.65 Å². The summed E-state index contributed by atoms with van der Waals surface area (Å²) in [5, 5.41) is 5.44. The van der Waals surface area contributed by atoms with Crippen LogP contribution in [0.2, 0.25) is 0 Å². The van der Waals surface area contributed by atoms with Crippen molar-refractivity contribution in [3.63, 3.8) is 0 Å². The number of hydrogen-bond donors (Lipinski definition) is 1. The van der Waals surface area contributed by atoms with Gasteiger partial charge < -0.3 is 9.88 Å². The molecule has 0 radical (unpaired) electrons. The summed E-state index contributed by atoms with van der Waals surface area (Å²) in [5.41, 5.74) is 4.75. The number of aromatic amines is 1. The van der Waals surface area contributed by atoms with Gasteiger partial charge in [0, 0.05) is 49.5 Å².